The molecule has 0 radical (unpaired) electrons. The molecule has 1 saturated heterocycles. The summed E-state index contributed by atoms with van der Waals surface area (Å²) in [6.45, 7) is 0. The predicted octanol–water partition coefficient (Wildman–Crippen LogP) is 2.71. The number of carbonyl (C=O) groups excluding carboxylic acids is 2. The third kappa shape index (κ3) is 1.97. The number of nitrogens with one attached hydrogen (secondary N) is 2. The zero-order valence-corrected chi connectivity index (χ0v) is 11.5. The summed E-state index contributed by atoms with van der Waals surface area (Å²) in [6, 6.07) is 4.10. The molecule has 2 fully saturated rings. The van der Waals surface area contributed by atoms with Crippen LogP contribution in [-0.2, 0) is 4.79 Å². The van der Waals surface area contributed by atoms with Crippen LogP contribution in [0.3, 0.4) is 0 Å². The van der Waals surface area contributed by atoms with Gasteiger partial charge in [-0.1, -0.05) is 30.5 Å². The minimum Gasteiger partial charge on any atom is -0.323 e. The van der Waals surface area contributed by atoms with Gasteiger partial charge in [-0.05, 0) is 30.5 Å². The summed E-state index contributed by atoms with van der Waals surface area (Å²) in [5.74, 6) is -1.05. The van der Waals surface area contributed by atoms with Gasteiger partial charge >= 0.3 is 6.03 Å². The van der Waals surface area contributed by atoms with Crippen molar-refractivity contribution >= 4 is 23.5 Å². The van der Waals surface area contributed by atoms with Crippen LogP contribution in [0.25, 0.3) is 0 Å². The van der Waals surface area contributed by atoms with Gasteiger partial charge in [0, 0.05) is 5.92 Å². The number of hydrogen-bond acceptors (Lipinski definition) is 2. The first-order valence-corrected chi connectivity index (χ1v) is 6.99. The zero-order valence-electron chi connectivity index (χ0n) is 10.7. The molecule has 106 valence electrons. The smallest absolute Gasteiger partial charge is 0.322 e. The van der Waals surface area contributed by atoms with Gasteiger partial charge < -0.3 is 5.32 Å². The summed E-state index contributed by atoms with van der Waals surface area (Å²) < 4.78 is 13.7. The SMILES string of the molecule is O=C1NC(=O)C2(CCCCC2c2ccc(Cl)c(F)c2)N1. The Kier molecular flexibility index (Phi) is 3.17. The third-order valence-corrected chi connectivity index (χ3v) is 4.53. The first kappa shape index (κ1) is 13.4. The molecule has 1 spiro atoms. The number of halogens is 2. The molecule has 6 heteroatoms. The highest BCUT2D eigenvalue weighted by molar-refractivity contribution is 6.30. The minimum atomic E-state index is -0.949. The lowest BCUT2D eigenvalue weighted by atomic mass is 9.69. The van der Waals surface area contributed by atoms with Gasteiger partial charge in [-0.2, -0.15) is 0 Å². The van der Waals surface area contributed by atoms with E-state index in [1.54, 1.807) is 6.07 Å². The molecule has 20 heavy (non-hydrogen) atoms. The molecule has 3 rings (SSSR count). The molecular weight excluding hydrogens is 283 g/mol. The highest BCUT2D eigenvalue weighted by atomic mass is 35.5. The van der Waals surface area contributed by atoms with Gasteiger partial charge in [0.15, 0.2) is 0 Å². The van der Waals surface area contributed by atoms with Crippen molar-refractivity contribution in [2.45, 2.75) is 37.1 Å². The highest BCUT2D eigenvalue weighted by Crippen LogP contribution is 2.43. The molecule has 0 aromatic heterocycles. The van der Waals surface area contributed by atoms with E-state index >= 15 is 0 Å². The molecular formula is C14H14ClFN2O2. The Morgan fingerprint density at radius 1 is 1.30 bits per heavy atom. The summed E-state index contributed by atoms with van der Waals surface area (Å²) in [5, 5.41) is 5.10. The van der Waals surface area contributed by atoms with E-state index in [9.17, 15) is 14.0 Å². The van der Waals surface area contributed by atoms with E-state index in [0.29, 0.717) is 12.0 Å². The second-order valence-corrected chi connectivity index (χ2v) is 5.76. The van der Waals surface area contributed by atoms with Crippen LogP contribution >= 0.6 is 11.6 Å². The number of amides is 3. The van der Waals surface area contributed by atoms with Gasteiger partial charge in [-0.25, -0.2) is 9.18 Å². The van der Waals surface area contributed by atoms with Crippen molar-refractivity contribution in [3.63, 3.8) is 0 Å². The van der Waals surface area contributed by atoms with Gasteiger partial charge in [0.05, 0.1) is 5.02 Å². The largest absolute Gasteiger partial charge is 0.323 e. The molecule has 1 aromatic rings. The monoisotopic (exact) mass is 296 g/mol. The lowest BCUT2D eigenvalue weighted by Gasteiger charge is -2.39. The average molecular weight is 297 g/mol. The fourth-order valence-electron chi connectivity index (χ4n) is 3.28. The first-order chi connectivity index (χ1) is 9.53. The molecule has 1 saturated carbocycles. The summed E-state index contributed by atoms with van der Waals surface area (Å²) in [6.07, 6.45) is 3.11. The van der Waals surface area contributed by atoms with Crippen LogP contribution < -0.4 is 10.6 Å². The molecule has 2 atom stereocenters. The topological polar surface area (TPSA) is 58.2 Å². The van der Waals surface area contributed by atoms with E-state index in [-0.39, 0.29) is 16.8 Å². The molecule has 3 amide bonds. The van der Waals surface area contributed by atoms with E-state index in [1.165, 1.54) is 12.1 Å². The van der Waals surface area contributed by atoms with Crippen molar-refractivity contribution in [2.24, 2.45) is 0 Å². The number of benzene rings is 1. The third-order valence-electron chi connectivity index (χ3n) is 4.22. The first-order valence-electron chi connectivity index (χ1n) is 6.61. The van der Waals surface area contributed by atoms with Gasteiger partial charge in [0.25, 0.3) is 5.91 Å². The van der Waals surface area contributed by atoms with Crippen molar-refractivity contribution in [3.8, 4) is 0 Å². The Hall–Kier alpha value is -1.62. The maximum atomic E-state index is 13.7. The van der Waals surface area contributed by atoms with Crippen LogP contribution in [0.2, 0.25) is 5.02 Å². The van der Waals surface area contributed by atoms with Crippen LogP contribution in [0.4, 0.5) is 9.18 Å². The van der Waals surface area contributed by atoms with Crippen molar-refractivity contribution < 1.29 is 14.0 Å². The molecule has 1 aliphatic carbocycles. The van der Waals surface area contributed by atoms with E-state index in [2.05, 4.69) is 10.6 Å². The second kappa shape index (κ2) is 4.74. The van der Waals surface area contributed by atoms with Crippen molar-refractivity contribution in [2.75, 3.05) is 0 Å². The molecule has 2 N–H and O–H groups in total. The van der Waals surface area contributed by atoms with E-state index < -0.39 is 17.4 Å². The van der Waals surface area contributed by atoms with Crippen molar-refractivity contribution in [1.29, 1.82) is 0 Å². The summed E-state index contributed by atoms with van der Waals surface area (Å²) >= 11 is 5.70. The number of imide groups is 1. The maximum Gasteiger partial charge on any atom is 0.322 e. The molecule has 1 aliphatic heterocycles. The predicted molar refractivity (Wildman–Crippen MR) is 72.0 cm³/mol. The zero-order chi connectivity index (χ0) is 14.3. The Morgan fingerprint density at radius 2 is 2.10 bits per heavy atom. The Bertz CT molecular complexity index is 593. The summed E-state index contributed by atoms with van der Waals surface area (Å²) in [7, 11) is 0. The van der Waals surface area contributed by atoms with Crippen molar-refractivity contribution in [1.82, 2.24) is 10.6 Å². The lowest BCUT2D eigenvalue weighted by molar-refractivity contribution is -0.125. The molecule has 2 unspecified atom stereocenters. The van der Waals surface area contributed by atoms with Gasteiger partial charge in [-0.3, -0.25) is 10.1 Å². The standard InChI is InChI=1S/C14H14ClFN2O2/c15-10-5-4-8(7-11(10)16)9-3-1-2-6-14(9)12(19)17-13(20)18-14/h4-5,7,9H,1-3,6H2,(H2,17,18,19,20). The molecule has 1 aromatic carbocycles. The normalized spacial score (nSPS) is 29.4. The van der Waals surface area contributed by atoms with E-state index in [4.69, 9.17) is 11.6 Å². The van der Waals surface area contributed by atoms with E-state index in [1.807, 2.05) is 0 Å². The highest BCUT2D eigenvalue weighted by Gasteiger charge is 2.53. The average Bonchev–Trinajstić information content (AvgIpc) is 2.69. The van der Waals surface area contributed by atoms with Crippen LogP contribution in [0, 0.1) is 5.82 Å². The minimum absolute atomic E-state index is 0.0542. The molecule has 0 bridgehead atoms. The van der Waals surface area contributed by atoms with Crippen molar-refractivity contribution in [3.05, 3.63) is 34.6 Å². The molecule has 4 nitrogen and oxygen atoms in total. The lowest BCUT2D eigenvalue weighted by Crippen LogP contribution is -2.53. The fourth-order valence-corrected chi connectivity index (χ4v) is 3.40. The quantitative estimate of drug-likeness (QED) is 0.783. The van der Waals surface area contributed by atoms with Gasteiger partial charge in [-0.15, -0.1) is 0 Å². The van der Waals surface area contributed by atoms with E-state index in [0.717, 1.165) is 19.3 Å². The number of carbonyl (C=O) groups is 2. The van der Waals surface area contributed by atoms with Gasteiger partial charge in [0.2, 0.25) is 0 Å². The number of urea groups is 1. The maximum absolute atomic E-state index is 13.7. The number of hydrogen-bond donors (Lipinski definition) is 2. The Balaban J connectivity index is 2.03. The van der Waals surface area contributed by atoms with Crippen LogP contribution in [0.5, 0.6) is 0 Å². The fraction of sp³-hybridized carbons (Fsp3) is 0.429. The Morgan fingerprint density at radius 3 is 2.75 bits per heavy atom. The summed E-state index contributed by atoms with van der Waals surface area (Å²) in [5.41, 5.74) is -0.251. The number of rotatable bonds is 1. The molecule has 1 heterocycles. The van der Waals surface area contributed by atoms with Crippen LogP contribution in [0.15, 0.2) is 18.2 Å². The molecule has 2 aliphatic rings. The van der Waals surface area contributed by atoms with Crippen LogP contribution in [-0.4, -0.2) is 17.5 Å². The van der Waals surface area contributed by atoms with Gasteiger partial charge in [0.1, 0.15) is 11.4 Å². The second-order valence-electron chi connectivity index (χ2n) is 5.35. The van der Waals surface area contributed by atoms with Crippen LogP contribution in [0.1, 0.15) is 37.2 Å². The summed E-state index contributed by atoms with van der Waals surface area (Å²) in [4.78, 5) is 23.7. The Labute approximate surface area is 120 Å².